The summed E-state index contributed by atoms with van der Waals surface area (Å²) in [5.74, 6) is 0. The highest BCUT2D eigenvalue weighted by molar-refractivity contribution is 9.10. The molecule has 0 aliphatic carbocycles. The second-order valence-electron chi connectivity index (χ2n) is 2.79. The van der Waals surface area contributed by atoms with E-state index in [2.05, 4.69) is 26.9 Å². The Morgan fingerprint density at radius 1 is 1.42 bits per heavy atom. The first-order valence-electron chi connectivity index (χ1n) is 3.86. The summed E-state index contributed by atoms with van der Waals surface area (Å²) in [4.78, 5) is 2.06. The minimum atomic E-state index is 0.585. The van der Waals surface area contributed by atoms with Crippen molar-refractivity contribution in [3.05, 3.63) is 41.2 Å². The lowest BCUT2D eigenvalue weighted by Gasteiger charge is -2.14. The van der Waals surface area contributed by atoms with E-state index in [1.807, 2.05) is 25.2 Å². The quantitative estimate of drug-likeness (QED) is 0.765. The van der Waals surface area contributed by atoms with E-state index in [4.69, 9.17) is 6.92 Å². The second kappa shape index (κ2) is 4.63. The third kappa shape index (κ3) is 2.61. The summed E-state index contributed by atoms with van der Waals surface area (Å²) in [7, 11) is 2.00. The Morgan fingerprint density at radius 3 is 2.67 bits per heavy atom. The minimum absolute atomic E-state index is 0.585. The number of rotatable bonds is 3. The molecule has 0 saturated carbocycles. The molecule has 0 heterocycles. The van der Waals surface area contributed by atoms with Crippen molar-refractivity contribution in [2.45, 2.75) is 6.54 Å². The summed E-state index contributed by atoms with van der Waals surface area (Å²) in [6.07, 6.45) is 0. The van der Waals surface area contributed by atoms with Crippen LogP contribution in [0.5, 0.6) is 0 Å². The van der Waals surface area contributed by atoms with Crippen molar-refractivity contribution in [1.29, 1.82) is 0 Å². The van der Waals surface area contributed by atoms with Gasteiger partial charge in [-0.15, -0.1) is 0 Å². The van der Waals surface area contributed by atoms with Crippen LogP contribution >= 0.6 is 15.9 Å². The summed E-state index contributed by atoms with van der Waals surface area (Å²) in [5.41, 5.74) is 1.27. The normalized spacial score (nSPS) is 10.7. The first kappa shape index (κ1) is 9.75. The Hall–Kier alpha value is -0.340. The highest BCUT2D eigenvalue weighted by atomic mass is 79.9. The molecule has 0 unspecified atom stereocenters. The molecule has 0 bridgehead atoms. The maximum Gasteiger partial charge on any atom is 0.0242 e. The smallest absolute Gasteiger partial charge is 0.0242 e. The molecule has 0 amide bonds. The van der Waals surface area contributed by atoms with Crippen molar-refractivity contribution < 1.29 is 0 Å². The van der Waals surface area contributed by atoms with Gasteiger partial charge in [0.25, 0.3) is 0 Å². The molecule has 0 N–H and O–H groups in total. The Labute approximate surface area is 82.5 Å². The van der Waals surface area contributed by atoms with E-state index in [0.29, 0.717) is 6.54 Å². The molecule has 2 heteroatoms. The van der Waals surface area contributed by atoms with Crippen LogP contribution in [0.15, 0.2) is 28.7 Å². The number of nitrogens with zero attached hydrogens (tertiary/aromatic N) is 1. The van der Waals surface area contributed by atoms with Gasteiger partial charge in [0.2, 0.25) is 0 Å². The van der Waals surface area contributed by atoms with Crippen LogP contribution in [0.2, 0.25) is 0 Å². The fourth-order valence-electron chi connectivity index (χ4n) is 0.982. The van der Waals surface area contributed by atoms with E-state index >= 15 is 0 Å². The van der Waals surface area contributed by atoms with Crippen molar-refractivity contribution in [2.75, 3.05) is 13.6 Å². The maximum atomic E-state index is 5.48. The molecule has 0 aliphatic rings. The molecule has 1 aromatic rings. The molecular formula is C10H12BrN. The van der Waals surface area contributed by atoms with E-state index in [1.165, 1.54) is 5.56 Å². The molecule has 12 heavy (non-hydrogen) atoms. The van der Waals surface area contributed by atoms with Crippen molar-refractivity contribution in [2.24, 2.45) is 0 Å². The first-order valence-corrected chi connectivity index (χ1v) is 4.65. The molecular weight excluding hydrogens is 214 g/mol. The van der Waals surface area contributed by atoms with E-state index in [0.717, 1.165) is 11.0 Å². The highest BCUT2D eigenvalue weighted by Gasteiger charge is 2.00. The molecule has 0 aliphatic heterocycles. The number of hydrogen-bond acceptors (Lipinski definition) is 1. The van der Waals surface area contributed by atoms with Gasteiger partial charge in [-0.05, 0) is 25.6 Å². The molecule has 1 nitrogen and oxygen atoms in total. The van der Waals surface area contributed by atoms with Crippen LogP contribution in [0, 0.1) is 6.92 Å². The summed E-state index contributed by atoms with van der Waals surface area (Å²) < 4.78 is 1.14. The lowest BCUT2D eigenvalue weighted by Crippen LogP contribution is -2.17. The van der Waals surface area contributed by atoms with Crippen molar-refractivity contribution in [1.82, 2.24) is 4.90 Å². The van der Waals surface area contributed by atoms with E-state index in [9.17, 15) is 0 Å². The van der Waals surface area contributed by atoms with Gasteiger partial charge in [-0.25, -0.2) is 0 Å². The lowest BCUT2D eigenvalue weighted by atomic mass is 10.2. The van der Waals surface area contributed by atoms with Gasteiger partial charge in [-0.2, -0.15) is 0 Å². The van der Waals surface area contributed by atoms with Gasteiger partial charge in [-0.1, -0.05) is 34.1 Å². The van der Waals surface area contributed by atoms with Gasteiger partial charge in [0, 0.05) is 17.6 Å². The lowest BCUT2D eigenvalue weighted by molar-refractivity contribution is 0.361. The summed E-state index contributed by atoms with van der Waals surface area (Å²) >= 11 is 3.49. The van der Waals surface area contributed by atoms with E-state index < -0.39 is 0 Å². The molecule has 0 saturated heterocycles. The Morgan fingerprint density at radius 2 is 2.08 bits per heavy atom. The Kier molecular flexibility index (Phi) is 3.76. The van der Waals surface area contributed by atoms with Crippen LogP contribution in [-0.2, 0) is 6.54 Å². The fourth-order valence-corrected chi connectivity index (χ4v) is 1.39. The molecule has 2 radical (unpaired) electrons. The SMILES string of the molecule is [CH]CN(C)Cc1ccccc1Br. The van der Waals surface area contributed by atoms with Crippen molar-refractivity contribution in [3.8, 4) is 0 Å². The summed E-state index contributed by atoms with van der Waals surface area (Å²) in [6.45, 7) is 6.95. The van der Waals surface area contributed by atoms with Crippen molar-refractivity contribution in [3.63, 3.8) is 0 Å². The fraction of sp³-hybridized carbons (Fsp3) is 0.300. The molecule has 64 valence electrons. The van der Waals surface area contributed by atoms with Crippen LogP contribution in [-0.4, -0.2) is 18.5 Å². The van der Waals surface area contributed by atoms with Gasteiger partial charge >= 0.3 is 0 Å². The number of halogens is 1. The van der Waals surface area contributed by atoms with Crippen LogP contribution in [0.3, 0.4) is 0 Å². The summed E-state index contributed by atoms with van der Waals surface area (Å²) in [5, 5.41) is 0. The maximum absolute atomic E-state index is 5.48. The number of hydrogen-bond donors (Lipinski definition) is 0. The highest BCUT2D eigenvalue weighted by Crippen LogP contribution is 2.16. The molecule has 1 aromatic carbocycles. The van der Waals surface area contributed by atoms with Gasteiger partial charge in [-0.3, -0.25) is 0 Å². The van der Waals surface area contributed by atoms with Gasteiger partial charge in [0.05, 0.1) is 0 Å². The molecule has 1 rings (SSSR count). The van der Waals surface area contributed by atoms with Crippen LogP contribution in [0.4, 0.5) is 0 Å². The first-order chi connectivity index (χ1) is 5.74. The Bertz CT molecular complexity index is 247. The van der Waals surface area contributed by atoms with Gasteiger partial charge in [0.1, 0.15) is 0 Å². The van der Waals surface area contributed by atoms with E-state index in [1.54, 1.807) is 0 Å². The minimum Gasteiger partial charge on any atom is -0.302 e. The van der Waals surface area contributed by atoms with Crippen LogP contribution in [0.1, 0.15) is 5.56 Å². The Balaban J connectivity index is 2.69. The predicted octanol–water partition coefficient (Wildman–Crippen LogP) is 2.59. The standard InChI is InChI=1S/C10H12BrN/c1-3-12(2)8-9-6-4-5-7-10(9)11/h1,4-7H,3,8H2,2H3. The monoisotopic (exact) mass is 225 g/mol. The van der Waals surface area contributed by atoms with Gasteiger partial charge < -0.3 is 4.90 Å². The predicted molar refractivity (Wildman–Crippen MR) is 54.8 cm³/mol. The van der Waals surface area contributed by atoms with Crippen molar-refractivity contribution >= 4 is 15.9 Å². The zero-order valence-electron chi connectivity index (χ0n) is 7.13. The number of benzene rings is 1. The zero-order valence-corrected chi connectivity index (χ0v) is 8.71. The largest absolute Gasteiger partial charge is 0.302 e. The third-order valence-electron chi connectivity index (χ3n) is 1.71. The topological polar surface area (TPSA) is 3.24 Å². The molecule has 0 fully saturated rings. The zero-order chi connectivity index (χ0) is 8.97. The molecule has 0 aromatic heterocycles. The van der Waals surface area contributed by atoms with Gasteiger partial charge in [0.15, 0.2) is 0 Å². The second-order valence-corrected chi connectivity index (χ2v) is 3.64. The van der Waals surface area contributed by atoms with Crippen LogP contribution in [0.25, 0.3) is 0 Å². The molecule has 0 spiro atoms. The van der Waals surface area contributed by atoms with E-state index in [-0.39, 0.29) is 0 Å². The average molecular weight is 226 g/mol. The van der Waals surface area contributed by atoms with Crippen LogP contribution < -0.4 is 0 Å². The third-order valence-corrected chi connectivity index (χ3v) is 2.48. The summed E-state index contributed by atoms with van der Waals surface area (Å²) in [6, 6.07) is 8.18. The average Bonchev–Trinajstić information content (AvgIpc) is 2.09. The molecule has 0 atom stereocenters.